The van der Waals surface area contributed by atoms with E-state index in [1.807, 2.05) is 0 Å². The summed E-state index contributed by atoms with van der Waals surface area (Å²) in [7, 11) is 0. The molecule has 0 fully saturated rings. The van der Waals surface area contributed by atoms with Crippen molar-refractivity contribution in [3.63, 3.8) is 0 Å². The number of carbonyl (C=O) groups is 1. The summed E-state index contributed by atoms with van der Waals surface area (Å²) in [5.41, 5.74) is 11.0. The molecule has 0 aliphatic rings. The first-order chi connectivity index (χ1) is 7.16. The summed E-state index contributed by atoms with van der Waals surface area (Å²) in [5.74, 6) is -0.882. The fraction of sp³-hybridized carbons (Fsp3) is 0.556. The average Bonchev–Trinajstić information content (AvgIpc) is 2.66. The van der Waals surface area contributed by atoms with Gasteiger partial charge in [-0.2, -0.15) is 0 Å². The van der Waals surface area contributed by atoms with Gasteiger partial charge in [-0.1, -0.05) is 6.42 Å². The number of unbranched alkanes of at least 4 members (excludes halogenated alkanes) is 1. The largest absolute Gasteiger partial charge is 0.476 e. The molecule has 5 N–H and O–H groups in total. The molecule has 1 aromatic rings. The number of oxazole rings is 1. The van der Waals surface area contributed by atoms with Gasteiger partial charge in [-0.05, 0) is 19.4 Å². The minimum absolute atomic E-state index is 0.102. The van der Waals surface area contributed by atoms with Crippen molar-refractivity contribution < 1.29 is 14.3 Å². The van der Waals surface area contributed by atoms with Crippen LogP contribution in [0, 0.1) is 0 Å². The first kappa shape index (κ1) is 11.7. The Bertz CT molecular complexity index is 324. The van der Waals surface area contributed by atoms with Crippen molar-refractivity contribution in [3.05, 3.63) is 17.8 Å². The third-order valence-corrected chi connectivity index (χ3v) is 2.10. The van der Waals surface area contributed by atoms with Crippen LogP contribution in [0.4, 0.5) is 0 Å². The molecule has 0 saturated carbocycles. The van der Waals surface area contributed by atoms with Gasteiger partial charge in [0.1, 0.15) is 0 Å². The van der Waals surface area contributed by atoms with Crippen LogP contribution < -0.4 is 11.5 Å². The van der Waals surface area contributed by atoms with E-state index in [9.17, 15) is 4.79 Å². The van der Waals surface area contributed by atoms with Gasteiger partial charge in [0.05, 0.1) is 6.04 Å². The molecule has 84 valence electrons. The van der Waals surface area contributed by atoms with Crippen LogP contribution in [0.2, 0.25) is 0 Å². The normalized spacial score (nSPS) is 12.7. The lowest BCUT2D eigenvalue weighted by atomic mass is 10.1. The first-order valence-electron chi connectivity index (χ1n) is 4.79. The number of aromatic carboxylic acids is 1. The second-order valence-electron chi connectivity index (χ2n) is 3.26. The van der Waals surface area contributed by atoms with Crippen molar-refractivity contribution in [3.8, 4) is 0 Å². The van der Waals surface area contributed by atoms with Crippen molar-refractivity contribution in [1.82, 2.24) is 4.98 Å². The molecule has 1 rings (SSSR count). The van der Waals surface area contributed by atoms with Gasteiger partial charge in [0.2, 0.25) is 0 Å². The molecule has 0 aliphatic heterocycles. The van der Waals surface area contributed by atoms with Gasteiger partial charge < -0.3 is 21.0 Å². The highest BCUT2D eigenvalue weighted by atomic mass is 16.4. The van der Waals surface area contributed by atoms with Gasteiger partial charge in [-0.15, -0.1) is 0 Å². The molecule has 0 spiro atoms. The lowest BCUT2D eigenvalue weighted by Gasteiger charge is -2.08. The average molecular weight is 213 g/mol. The number of hydrogen-bond donors (Lipinski definition) is 3. The standard InChI is InChI=1S/C9H15N3O3/c10-4-2-1-3-6(11)8-7(9(13)14)12-5-15-8/h5-6H,1-4,10-11H2,(H,13,14)/t6-/m0/s1. The van der Waals surface area contributed by atoms with Crippen LogP contribution in [-0.4, -0.2) is 22.6 Å². The zero-order valence-electron chi connectivity index (χ0n) is 8.35. The van der Waals surface area contributed by atoms with Crippen molar-refractivity contribution in [2.75, 3.05) is 6.54 Å². The van der Waals surface area contributed by atoms with E-state index in [0.29, 0.717) is 13.0 Å². The van der Waals surface area contributed by atoms with Gasteiger partial charge in [0.15, 0.2) is 17.8 Å². The van der Waals surface area contributed by atoms with Crippen LogP contribution in [0.15, 0.2) is 10.8 Å². The molecule has 0 amide bonds. The highest BCUT2D eigenvalue weighted by Crippen LogP contribution is 2.19. The quantitative estimate of drug-likeness (QED) is 0.592. The van der Waals surface area contributed by atoms with E-state index in [-0.39, 0.29) is 11.5 Å². The molecule has 0 radical (unpaired) electrons. The highest BCUT2D eigenvalue weighted by Gasteiger charge is 2.20. The summed E-state index contributed by atoms with van der Waals surface area (Å²) in [4.78, 5) is 14.3. The molecule has 1 atom stereocenters. The van der Waals surface area contributed by atoms with Gasteiger partial charge >= 0.3 is 5.97 Å². The lowest BCUT2D eigenvalue weighted by molar-refractivity contribution is 0.0688. The van der Waals surface area contributed by atoms with Gasteiger partial charge in [-0.3, -0.25) is 0 Å². The van der Waals surface area contributed by atoms with E-state index in [2.05, 4.69) is 4.98 Å². The van der Waals surface area contributed by atoms with E-state index >= 15 is 0 Å². The predicted octanol–water partition coefficient (Wildman–Crippen LogP) is 0.502. The van der Waals surface area contributed by atoms with Gasteiger partial charge in [0.25, 0.3) is 0 Å². The third-order valence-electron chi connectivity index (χ3n) is 2.10. The van der Waals surface area contributed by atoms with Crippen LogP contribution in [0.25, 0.3) is 0 Å². The van der Waals surface area contributed by atoms with Gasteiger partial charge in [-0.25, -0.2) is 9.78 Å². The fourth-order valence-corrected chi connectivity index (χ4v) is 1.32. The molecule has 0 bridgehead atoms. The molecule has 15 heavy (non-hydrogen) atoms. The summed E-state index contributed by atoms with van der Waals surface area (Å²) < 4.78 is 4.97. The number of carboxylic acid groups (broad SMARTS) is 1. The maximum absolute atomic E-state index is 10.7. The van der Waals surface area contributed by atoms with Crippen LogP contribution in [0.3, 0.4) is 0 Å². The summed E-state index contributed by atoms with van der Waals surface area (Å²) in [6.07, 6.45) is 3.45. The summed E-state index contributed by atoms with van der Waals surface area (Å²) >= 11 is 0. The summed E-state index contributed by atoms with van der Waals surface area (Å²) in [6.45, 7) is 0.606. The lowest BCUT2D eigenvalue weighted by Crippen LogP contribution is -2.14. The Kier molecular flexibility index (Phi) is 4.26. The number of rotatable bonds is 6. The second kappa shape index (κ2) is 5.47. The van der Waals surface area contributed by atoms with Crippen molar-refractivity contribution in [2.45, 2.75) is 25.3 Å². The second-order valence-corrected chi connectivity index (χ2v) is 3.26. The Labute approximate surface area is 87.3 Å². The van der Waals surface area contributed by atoms with Crippen LogP contribution >= 0.6 is 0 Å². The van der Waals surface area contributed by atoms with Crippen LogP contribution in [0.5, 0.6) is 0 Å². The molecular formula is C9H15N3O3. The van der Waals surface area contributed by atoms with Crippen molar-refractivity contribution in [1.29, 1.82) is 0 Å². The van der Waals surface area contributed by atoms with E-state index in [1.54, 1.807) is 0 Å². The molecule has 6 nitrogen and oxygen atoms in total. The molecule has 1 heterocycles. The van der Waals surface area contributed by atoms with E-state index in [0.717, 1.165) is 19.2 Å². The fourth-order valence-electron chi connectivity index (χ4n) is 1.32. The van der Waals surface area contributed by atoms with E-state index in [1.165, 1.54) is 0 Å². The smallest absolute Gasteiger partial charge is 0.358 e. The monoisotopic (exact) mass is 213 g/mol. The topological polar surface area (TPSA) is 115 Å². The van der Waals surface area contributed by atoms with Crippen LogP contribution in [0.1, 0.15) is 41.6 Å². The summed E-state index contributed by atoms with van der Waals surface area (Å²) in [6, 6.07) is -0.426. The Morgan fingerprint density at radius 1 is 1.60 bits per heavy atom. The van der Waals surface area contributed by atoms with Crippen molar-refractivity contribution in [2.24, 2.45) is 11.5 Å². The number of carboxylic acids is 1. The van der Waals surface area contributed by atoms with Gasteiger partial charge in [0, 0.05) is 0 Å². The highest BCUT2D eigenvalue weighted by molar-refractivity contribution is 5.86. The molecule has 0 saturated heterocycles. The Morgan fingerprint density at radius 2 is 2.33 bits per heavy atom. The molecule has 6 heteroatoms. The van der Waals surface area contributed by atoms with E-state index < -0.39 is 12.0 Å². The number of nitrogens with zero attached hydrogens (tertiary/aromatic N) is 1. The third kappa shape index (κ3) is 3.03. The Hall–Kier alpha value is -1.40. The Morgan fingerprint density at radius 3 is 2.93 bits per heavy atom. The predicted molar refractivity (Wildman–Crippen MR) is 53.3 cm³/mol. The molecule has 1 aromatic heterocycles. The number of aromatic nitrogens is 1. The zero-order valence-corrected chi connectivity index (χ0v) is 8.35. The van der Waals surface area contributed by atoms with Crippen molar-refractivity contribution >= 4 is 5.97 Å². The maximum atomic E-state index is 10.7. The van der Waals surface area contributed by atoms with Crippen LogP contribution in [-0.2, 0) is 0 Å². The SMILES string of the molecule is NCCCC[C@H](N)c1ocnc1C(=O)O. The number of nitrogens with two attached hydrogens (primary N) is 2. The summed E-state index contributed by atoms with van der Waals surface area (Å²) in [5, 5.41) is 8.78. The molecular weight excluding hydrogens is 198 g/mol. The molecule has 0 unspecified atom stereocenters. The minimum atomic E-state index is -1.12. The minimum Gasteiger partial charge on any atom is -0.476 e. The molecule has 0 aromatic carbocycles. The number of hydrogen-bond acceptors (Lipinski definition) is 5. The first-order valence-corrected chi connectivity index (χ1v) is 4.79. The maximum Gasteiger partial charge on any atom is 0.358 e. The zero-order chi connectivity index (χ0) is 11.3. The van der Waals surface area contributed by atoms with E-state index in [4.69, 9.17) is 21.0 Å². The Balaban J connectivity index is 2.60. The molecule has 0 aliphatic carbocycles.